The number of rotatable bonds is 5. The molecule has 2 aromatic carbocycles. The Hall–Kier alpha value is -2.00. The molecule has 2 aromatic rings. The van der Waals surface area contributed by atoms with Crippen LogP contribution in [0, 0.1) is 0 Å². The number of nitrogens with one attached hydrogen (secondary N) is 1. The summed E-state index contributed by atoms with van der Waals surface area (Å²) in [5, 5.41) is 3.54. The largest absolute Gasteiger partial charge is 0.454 e. The Kier molecular flexibility index (Phi) is 3.88. The number of fused-ring (bicyclic) bond motifs is 1. The first kappa shape index (κ1) is 13.0. The molecule has 1 N–H and O–H groups in total. The van der Waals surface area contributed by atoms with Crippen molar-refractivity contribution in [1.82, 2.24) is 5.32 Å². The minimum absolute atomic E-state index is 0.299. The summed E-state index contributed by atoms with van der Waals surface area (Å²) in [5.74, 6) is 1.68. The van der Waals surface area contributed by atoms with Crippen molar-refractivity contribution in [3.63, 3.8) is 0 Å². The van der Waals surface area contributed by atoms with Crippen LogP contribution in [0.25, 0.3) is 0 Å². The molecule has 0 aliphatic carbocycles. The van der Waals surface area contributed by atoms with E-state index in [1.54, 1.807) is 0 Å². The molecule has 0 aromatic heterocycles. The van der Waals surface area contributed by atoms with Crippen LogP contribution in [0.5, 0.6) is 11.5 Å². The van der Waals surface area contributed by atoms with E-state index < -0.39 is 0 Å². The lowest BCUT2D eigenvalue weighted by Gasteiger charge is -2.14. The highest BCUT2D eigenvalue weighted by molar-refractivity contribution is 5.45. The molecule has 0 fully saturated rings. The monoisotopic (exact) mass is 269 g/mol. The molecule has 20 heavy (non-hydrogen) atoms. The molecule has 3 nitrogen and oxygen atoms in total. The summed E-state index contributed by atoms with van der Waals surface area (Å²) in [5.41, 5.74) is 2.58. The quantitative estimate of drug-likeness (QED) is 0.903. The summed E-state index contributed by atoms with van der Waals surface area (Å²) >= 11 is 0. The first-order chi connectivity index (χ1) is 9.83. The molecule has 1 aliphatic rings. The highest BCUT2D eigenvalue weighted by Gasteiger charge is 2.15. The molecule has 0 bridgehead atoms. The van der Waals surface area contributed by atoms with Gasteiger partial charge in [0.05, 0.1) is 0 Å². The van der Waals surface area contributed by atoms with Crippen molar-refractivity contribution in [1.29, 1.82) is 0 Å². The van der Waals surface area contributed by atoms with Gasteiger partial charge < -0.3 is 14.8 Å². The minimum Gasteiger partial charge on any atom is -0.454 e. The van der Waals surface area contributed by atoms with E-state index in [-0.39, 0.29) is 0 Å². The molecule has 0 saturated carbocycles. The average molecular weight is 269 g/mol. The predicted molar refractivity (Wildman–Crippen MR) is 79.1 cm³/mol. The molecule has 0 spiro atoms. The fourth-order valence-electron chi connectivity index (χ4n) is 2.38. The molecule has 1 unspecified atom stereocenters. The highest BCUT2D eigenvalue weighted by atomic mass is 16.7. The van der Waals surface area contributed by atoms with Crippen molar-refractivity contribution in [2.24, 2.45) is 0 Å². The zero-order valence-corrected chi connectivity index (χ0v) is 11.6. The van der Waals surface area contributed by atoms with Crippen LogP contribution in [0.2, 0.25) is 0 Å². The van der Waals surface area contributed by atoms with Crippen LogP contribution in [0.3, 0.4) is 0 Å². The summed E-state index contributed by atoms with van der Waals surface area (Å²) in [6.45, 7) is 3.46. The van der Waals surface area contributed by atoms with Gasteiger partial charge in [-0.2, -0.15) is 0 Å². The molecule has 1 atom stereocenters. The molecule has 0 radical (unpaired) electrons. The van der Waals surface area contributed by atoms with Crippen molar-refractivity contribution >= 4 is 0 Å². The Bertz CT molecular complexity index is 568. The van der Waals surface area contributed by atoms with Gasteiger partial charge in [0.15, 0.2) is 11.5 Å². The lowest BCUT2D eigenvalue weighted by Crippen LogP contribution is -2.21. The highest BCUT2D eigenvalue weighted by Crippen LogP contribution is 2.34. The first-order valence-electron chi connectivity index (χ1n) is 7.00. The second-order valence-corrected chi connectivity index (χ2v) is 5.02. The zero-order chi connectivity index (χ0) is 13.8. The number of ether oxygens (including phenoxy) is 2. The maximum absolute atomic E-state index is 5.41. The summed E-state index contributed by atoms with van der Waals surface area (Å²) in [6, 6.07) is 17.0. The van der Waals surface area contributed by atoms with Gasteiger partial charge in [-0.1, -0.05) is 36.4 Å². The zero-order valence-electron chi connectivity index (χ0n) is 11.6. The van der Waals surface area contributed by atoms with Crippen LogP contribution < -0.4 is 14.8 Å². The summed E-state index contributed by atoms with van der Waals surface area (Å²) < 4.78 is 10.7. The summed E-state index contributed by atoms with van der Waals surface area (Å²) in [4.78, 5) is 0. The third-order valence-corrected chi connectivity index (χ3v) is 3.60. The molecule has 3 rings (SSSR count). The third-order valence-electron chi connectivity index (χ3n) is 3.60. The first-order valence-corrected chi connectivity index (χ1v) is 7.00. The van der Waals surface area contributed by atoms with Gasteiger partial charge in [0.2, 0.25) is 6.79 Å². The van der Waals surface area contributed by atoms with E-state index in [9.17, 15) is 0 Å². The SMILES string of the molecule is CC(NCCc1ccccc1)c1ccc2c(c1)OCO2. The lowest BCUT2D eigenvalue weighted by molar-refractivity contribution is 0.174. The fraction of sp³-hybridized carbons (Fsp3) is 0.294. The van der Waals surface area contributed by atoms with Gasteiger partial charge in [-0.3, -0.25) is 0 Å². The Morgan fingerprint density at radius 1 is 1.05 bits per heavy atom. The van der Waals surface area contributed by atoms with Crippen LogP contribution in [-0.4, -0.2) is 13.3 Å². The maximum Gasteiger partial charge on any atom is 0.231 e. The van der Waals surface area contributed by atoms with E-state index in [4.69, 9.17) is 9.47 Å². The summed E-state index contributed by atoms with van der Waals surface area (Å²) in [6.07, 6.45) is 1.04. The van der Waals surface area contributed by atoms with Gasteiger partial charge >= 0.3 is 0 Å². The van der Waals surface area contributed by atoms with E-state index in [0.717, 1.165) is 24.5 Å². The van der Waals surface area contributed by atoms with E-state index in [2.05, 4.69) is 48.6 Å². The second kappa shape index (κ2) is 5.97. The lowest BCUT2D eigenvalue weighted by atomic mass is 10.1. The van der Waals surface area contributed by atoms with Gasteiger partial charge in [-0.15, -0.1) is 0 Å². The topological polar surface area (TPSA) is 30.5 Å². The Balaban J connectivity index is 1.55. The standard InChI is InChI=1S/C17H19NO2/c1-13(18-10-9-14-5-3-2-4-6-14)15-7-8-16-17(11-15)20-12-19-16/h2-8,11,13,18H,9-10,12H2,1H3. The molecular weight excluding hydrogens is 250 g/mol. The molecule has 0 saturated heterocycles. The summed E-state index contributed by atoms with van der Waals surface area (Å²) in [7, 11) is 0. The molecule has 0 amide bonds. The van der Waals surface area contributed by atoms with Crippen molar-refractivity contribution in [2.45, 2.75) is 19.4 Å². The average Bonchev–Trinajstić information content (AvgIpc) is 2.95. The van der Waals surface area contributed by atoms with Crippen LogP contribution in [0.1, 0.15) is 24.1 Å². The van der Waals surface area contributed by atoms with E-state index >= 15 is 0 Å². The second-order valence-electron chi connectivity index (χ2n) is 5.02. The molecule has 3 heteroatoms. The van der Waals surface area contributed by atoms with Crippen LogP contribution in [0.4, 0.5) is 0 Å². The van der Waals surface area contributed by atoms with E-state index in [0.29, 0.717) is 12.8 Å². The van der Waals surface area contributed by atoms with Crippen LogP contribution in [0.15, 0.2) is 48.5 Å². The van der Waals surface area contributed by atoms with Crippen molar-refractivity contribution < 1.29 is 9.47 Å². The minimum atomic E-state index is 0.299. The van der Waals surface area contributed by atoms with Gasteiger partial charge in [0.1, 0.15) is 0 Å². The van der Waals surface area contributed by atoms with Crippen molar-refractivity contribution in [3.05, 3.63) is 59.7 Å². The van der Waals surface area contributed by atoms with Crippen LogP contribution >= 0.6 is 0 Å². The number of hydrogen-bond acceptors (Lipinski definition) is 3. The van der Waals surface area contributed by atoms with Gasteiger partial charge in [0, 0.05) is 6.04 Å². The van der Waals surface area contributed by atoms with Crippen molar-refractivity contribution in [3.8, 4) is 11.5 Å². The Labute approximate surface area is 119 Å². The third kappa shape index (κ3) is 2.94. The smallest absolute Gasteiger partial charge is 0.231 e. The molecule has 1 aliphatic heterocycles. The molecule has 104 valence electrons. The Morgan fingerprint density at radius 3 is 2.70 bits per heavy atom. The molecule has 1 heterocycles. The fourth-order valence-corrected chi connectivity index (χ4v) is 2.38. The van der Waals surface area contributed by atoms with E-state index in [1.807, 2.05) is 12.1 Å². The number of benzene rings is 2. The van der Waals surface area contributed by atoms with Gasteiger partial charge in [0.25, 0.3) is 0 Å². The molecular formula is C17H19NO2. The maximum atomic E-state index is 5.41. The normalized spacial score (nSPS) is 14.2. The predicted octanol–water partition coefficient (Wildman–Crippen LogP) is 3.31. The van der Waals surface area contributed by atoms with Crippen LogP contribution in [-0.2, 0) is 6.42 Å². The van der Waals surface area contributed by atoms with E-state index in [1.165, 1.54) is 11.1 Å². The Morgan fingerprint density at radius 2 is 1.85 bits per heavy atom. The van der Waals surface area contributed by atoms with Gasteiger partial charge in [-0.05, 0) is 43.1 Å². The number of hydrogen-bond donors (Lipinski definition) is 1. The van der Waals surface area contributed by atoms with Crippen molar-refractivity contribution in [2.75, 3.05) is 13.3 Å². The van der Waals surface area contributed by atoms with Gasteiger partial charge in [-0.25, -0.2) is 0 Å².